The van der Waals surface area contributed by atoms with Gasteiger partial charge in [-0.25, -0.2) is 9.37 Å². The first kappa shape index (κ1) is 10.8. The molecule has 0 unspecified atom stereocenters. The van der Waals surface area contributed by atoms with Crippen LogP contribution in [0.15, 0.2) is 48.7 Å². The number of hydrogen-bond acceptors (Lipinski definition) is 2. The van der Waals surface area contributed by atoms with Gasteiger partial charge in [0.05, 0.1) is 11.7 Å². The third-order valence-electron chi connectivity index (χ3n) is 2.85. The quantitative estimate of drug-likeness (QED) is 0.750. The highest BCUT2D eigenvalue weighted by Gasteiger charge is 2.08. The number of nitrogens with zero attached hydrogens (tertiary/aromatic N) is 2. The van der Waals surface area contributed by atoms with Crippen molar-refractivity contribution in [2.75, 3.05) is 0 Å². The van der Waals surface area contributed by atoms with Crippen LogP contribution in [0, 0.1) is 5.82 Å². The molecule has 0 spiro atoms. The van der Waals surface area contributed by atoms with Crippen molar-refractivity contribution in [3.63, 3.8) is 0 Å². The van der Waals surface area contributed by atoms with Gasteiger partial charge in [0.2, 0.25) is 0 Å². The molecule has 0 aliphatic carbocycles. The molecule has 1 aromatic carbocycles. The molecule has 0 fully saturated rings. The van der Waals surface area contributed by atoms with E-state index in [1.54, 1.807) is 28.8 Å². The van der Waals surface area contributed by atoms with Crippen molar-refractivity contribution in [2.45, 2.75) is 6.42 Å². The van der Waals surface area contributed by atoms with Gasteiger partial charge >= 0.3 is 0 Å². The maximum atomic E-state index is 13.1. The largest absolute Gasteiger partial charge is 0.494 e. The van der Waals surface area contributed by atoms with E-state index in [1.165, 1.54) is 12.1 Å². The first-order valence-corrected chi connectivity index (χ1v) is 5.63. The van der Waals surface area contributed by atoms with E-state index in [2.05, 4.69) is 4.98 Å². The van der Waals surface area contributed by atoms with Gasteiger partial charge in [-0.2, -0.15) is 0 Å². The molecule has 0 radical (unpaired) electrons. The molecule has 3 nitrogen and oxygen atoms in total. The van der Waals surface area contributed by atoms with Crippen LogP contribution < -0.4 is 0 Å². The van der Waals surface area contributed by atoms with Gasteiger partial charge in [-0.05, 0) is 29.8 Å². The third-order valence-corrected chi connectivity index (χ3v) is 2.85. The van der Waals surface area contributed by atoms with Crippen molar-refractivity contribution < 1.29 is 9.50 Å². The van der Waals surface area contributed by atoms with E-state index in [0.29, 0.717) is 12.2 Å². The Morgan fingerprint density at radius 1 is 1.17 bits per heavy atom. The first-order valence-electron chi connectivity index (χ1n) is 5.63. The van der Waals surface area contributed by atoms with Crippen molar-refractivity contribution in [1.82, 2.24) is 9.38 Å². The Morgan fingerprint density at radius 2 is 2.00 bits per heavy atom. The zero-order valence-electron chi connectivity index (χ0n) is 9.55. The van der Waals surface area contributed by atoms with E-state index in [9.17, 15) is 9.50 Å². The summed E-state index contributed by atoms with van der Waals surface area (Å²) in [7, 11) is 0. The lowest BCUT2D eigenvalue weighted by Gasteiger charge is -2.04. The normalized spacial score (nSPS) is 10.9. The predicted molar refractivity (Wildman–Crippen MR) is 66.1 cm³/mol. The maximum absolute atomic E-state index is 13.1. The molecular formula is C14H11FN2O. The highest BCUT2D eigenvalue weighted by atomic mass is 19.1. The summed E-state index contributed by atoms with van der Waals surface area (Å²) < 4.78 is 14.8. The van der Waals surface area contributed by atoms with Crippen LogP contribution in [0.1, 0.15) is 11.4 Å². The van der Waals surface area contributed by atoms with Crippen LogP contribution in [0.25, 0.3) is 5.52 Å². The Labute approximate surface area is 103 Å². The molecule has 0 aliphatic heterocycles. The smallest absolute Gasteiger partial charge is 0.197 e. The Morgan fingerprint density at radius 3 is 2.83 bits per heavy atom. The van der Waals surface area contributed by atoms with Gasteiger partial charge in [0, 0.05) is 6.42 Å². The van der Waals surface area contributed by atoms with E-state index in [1.807, 2.05) is 12.1 Å². The summed E-state index contributed by atoms with van der Waals surface area (Å²) in [5, 5.41) is 9.82. The number of aromatic nitrogens is 2. The number of aromatic hydroxyl groups is 1. The molecular weight excluding hydrogens is 231 g/mol. The third kappa shape index (κ3) is 1.82. The second kappa shape index (κ2) is 4.14. The van der Waals surface area contributed by atoms with Crippen LogP contribution in [-0.4, -0.2) is 14.5 Å². The van der Waals surface area contributed by atoms with Crippen LogP contribution in [0.2, 0.25) is 0 Å². The van der Waals surface area contributed by atoms with E-state index in [0.717, 1.165) is 11.1 Å². The molecule has 0 atom stereocenters. The lowest BCUT2D eigenvalue weighted by molar-refractivity contribution is 0.443. The Balaban J connectivity index is 2.05. The number of rotatable bonds is 2. The van der Waals surface area contributed by atoms with Crippen molar-refractivity contribution in [1.29, 1.82) is 0 Å². The Hall–Kier alpha value is -2.36. The minimum Gasteiger partial charge on any atom is -0.494 e. The van der Waals surface area contributed by atoms with E-state index >= 15 is 0 Å². The second-order valence-electron chi connectivity index (χ2n) is 4.13. The fourth-order valence-corrected chi connectivity index (χ4v) is 2.05. The second-order valence-corrected chi connectivity index (χ2v) is 4.13. The van der Waals surface area contributed by atoms with Gasteiger partial charge in [-0.3, -0.25) is 4.40 Å². The predicted octanol–water partition coefficient (Wildman–Crippen LogP) is 2.77. The fourth-order valence-electron chi connectivity index (χ4n) is 2.05. The maximum Gasteiger partial charge on any atom is 0.197 e. The molecule has 1 N–H and O–H groups in total. The number of pyridine rings is 1. The fraction of sp³-hybridized carbons (Fsp3) is 0.0714. The number of imidazole rings is 1. The van der Waals surface area contributed by atoms with Crippen LogP contribution >= 0.6 is 0 Å². The Bertz CT molecular complexity index is 706. The zero-order valence-corrected chi connectivity index (χ0v) is 9.55. The minimum absolute atomic E-state index is 0.136. The summed E-state index contributed by atoms with van der Waals surface area (Å²) in [5.41, 5.74) is 1.65. The van der Waals surface area contributed by atoms with Crippen molar-refractivity contribution in [3.05, 3.63) is 65.9 Å². The summed E-state index contributed by atoms with van der Waals surface area (Å²) in [5.74, 6) is 0.558. The Kier molecular flexibility index (Phi) is 2.48. The van der Waals surface area contributed by atoms with Crippen molar-refractivity contribution in [3.8, 4) is 5.88 Å². The molecule has 0 amide bonds. The summed E-state index contributed by atoms with van der Waals surface area (Å²) in [4.78, 5) is 4.26. The van der Waals surface area contributed by atoms with E-state index < -0.39 is 0 Å². The van der Waals surface area contributed by atoms with Gasteiger partial charge in [0.25, 0.3) is 0 Å². The number of halogens is 1. The molecule has 3 aromatic rings. The highest BCUT2D eigenvalue weighted by Crippen LogP contribution is 2.18. The number of benzene rings is 1. The van der Waals surface area contributed by atoms with Crippen LogP contribution in [0.5, 0.6) is 5.88 Å². The van der Waals surface area contributed by atoms with E-state index in [-0.39, 0.29) is 11.7 Å². The molecule has 0 aliphatic rings. The van der Waals surface area contributed by atoms with Crippen LogP contribution in [0.4, 0.5) is 4.39 Å². The standard InChI is InChI=1S/C14H11FN2O/c15-11-4-1-3-10(7-11)8-13-16-9-12-5-2-6-14(18)17(12)13/h1-7,9,18H,8H2. The monoisotopic (exact) mass is 242 g/mol. The average molecular weight is 242 g/mol. The molecule has 90 valence electrons. The summed E-state index contributed by atoms with van der Waals surface area (Å²) in [6, 6.07) is 11.6. The number of fused-ring (bicyclic) bond motifs is 1. The first-order chi connectivity index (χ1) is 8.74. The van der Waals surface area contributed by atoms with Gasteiger partial charge in [0.1, 0.15) is 11.6 Å². The molecule has 0 bridgehead atoms. The van der Waals surface area contributed by atoms with Crippen molar-refractivity contribution in [2.24, 2.45) is 0 Å². The molecule has 2 aromatic heterocycles. The molecule has 0 saturated heterocycles. The van der Waals surface area contributed by atoms with Gasteiger partial charge < -0.3 is 5.11 Å². The minimum atomic E-state index is -0.266. The number of hydrogen-bond donors (Lipinski definition) is 1. The van der Waals surface area contributed by atoms with Gasteiger partial charge in [-0.1, -0.05) is 18.2 Å². The molecule has 4 heteroatoms. The summed E-state index contributed by atoms with van der Waals surface area (Å²) in [6.07, 6.45) is 2.16. The van der Waals surface area contributed by atoms with E-state index in [4.69, 9.17) is 0 Å². The SMILES string of the molecule is Oc1cccc2cnc(Cc3cccc(F)c3)n12. The topological polar surface area (TPSA) is 37.5 Å². The molecule has 3 rings (SSSR count). The zero-order chi connectivity index (χ0) is 12.5. The van der Waals surface area contributed by atoms with Crippen LogP contribution in [0.3, 0.4) is 0 Å². The van der Waals surface area contributed by atoms with Gasteiger partial charge in [0.15, 0.2) is 5.88 Å². The summed E-state index contributed by atoms with van der Waals surface area (Å²) in [6.45, 7) is 0. The summed E-state index contributed by atoms with van der Waals surface area (Å²) >= 11 is 0. The molecule has 2 heterocycles. The van der Waals surface area contributed by atoms with Crippen molar-refractivity contribution >= 4 is 5.52 Å². The van der Waals surface area contributed by atoms with Gasteiger partial charge in [-0.15, -0.1) is 0 Å². The van der Waals surface area contributed by atoms with Crippen LogP contribution in [-0.2, 0) is 6.42 Å². The molecule has 0 saturated carbocycles. The highest BCUT2D eigenvalue weighted by molar-refractivity contribution is 5.49. The molecule has 18 heavy (non-hydrogen) atoms. The lowest BCUT2D eigenvalue weighted by atomic mass is 10.1. The average Bonchev–Trinajstić information content (AvgIpc) is 2.74. The lowest BCUT2D eigenvalue weighted by Crippen LogP contribution is -1.97.